The number of nitrogens with two attached hydrogens (primary N) is 1. The van der Waals surface area contributed by atoms with Crippen molar-refractivity contribution in [3.05, 3.63) is 23.8 Å². The zero-order valence-electron chi connectivity index (χ0n) is 10.7. The highest BCUT2D eigenvalue weighted by Gasteiger charge is 2.17. The van der Waals surface area contributed by atoms with E-state index in [1.54, 1.807) is 14.2 Å². The molecule has 94 valence electrons. The second-order valence-electron chi connectivity index (χ2n) is 4.67. The number of piperidine rings is 1. The Morgan fingerprint density at radius 3 is 2.65 bits per heavy atom. The van der Waals surface area contributed by atoms with Crippen LogP contribution in [0.5, 0.6) is 11.5 Å². The monoisotopic (exact) mass is 236 g/mol. The van der Waals surface area contributed by atoms with Crippen LogP contribution in [-0.4, -0.2) is 26.8 Å². The molecule has 17 heavy (non-hydrogen) atoms. The summed E-state index contributed by atoms with van der Waals surface area (Å²) in [5.74, 6) is 1.64. The summed E-state index contributed by atoms with van der Waals surface area (Å²) >= 11 is 0. The zero-order chi connectivity index (χ0) is 12.1. The van der Waals surface area contributed by atoms with Crippen molar-refractivity contribution < 1.29 is 14.8 Å². The van der Waals surface area contributed by atoms with Gasteiger partial charge < -0.3 is 14.8 Å². The average Bonchev–Trinajstić information content (AvgIpc) is 2.40. The molecule has 1 saturated heterocycles. The lowest BCUT2D eigenvalue weighted by molar-refractivity contribution is -0.697. The number of hydrogen-bond acceptors (Lipinski definition) is 2. The topological polar surface area (TPSA) is 35.1 Å². The van der Waals surface area contributed by atoms with Crippen LogP contribution in [0.15, 0.2) is 18.2 Å². The molecule has 1 aliphatic heterocycles. The smallest absolute Gasteiger partial charge is 0.160 e. The van der Waals surface area contributed by atoms with Crippen LogP contribution in [0.2, 0.25) is 0 Å². The highest BCUT2D eigenvalue weighted by Crippen LogP contribution is 2.28. The van der Waals surface area contributed by atoms with Crippen LogP contribution in [0.25, 0.3) is 0 Å². The summed E-state index contributed by atoms with van der Waals surface area (Å²) in [6.45, 7) is 1.28. The quantitative estimate of drug-likeness (QED) is 0.856. The molecule has 0 amide bonds. The minimum absolute atomic E-state index is 0.738. The van der Waals surface area contributed by atoms with Gasteiger partial charge in [-0.15, -0.1) is 0 Å². The van der Waals surface area contributed by atoms with E-state index in [2.05, 4.69) is 17.4 Å². The molecule has 0 spiro atoms. The molecule has 1 aliphatic rings. The van der Waals surface area contributed by atoms with E-state index in [1.165, 1.54) is 31.4 Å². The summed E-state index contributed by atoms with van der Waals surface area (Å²) in [5.41, 5.74) is 1.34. The third kappa shape index (κ3) is 3.13. The van der Waals surface area contributed by atoms with Crippen molar-refractivity contribution >= 4 is 0 Å². The molecule has 3 nitrogen and oxygen atoms in total. The molecule has 2 rings (SSSR count). The van der Waals surface area contributed by atoms with Gasteiger partial charge >= 0.3 is 0 Å². The Bertz CT molecular complexity index is 359. The summed E-state index contributed by atoms with van der Waals surface area (Å²) in [4.78, 5) is 0. The summed E-state index contributed by atoms with van der Waals surface area (Å²) in [7, 11) is 3.36. The van der Waals surface area contributed by atoms with Gasteiger partial charge in [0.05, 0.1) is 26.8 Å². The molecule has 3 heteroatoms. The van der Waals surface area contributed by atoms with Crippen LogP contribution in [0.4, 0.5) is 0 Å². The van der Waals surface area contributed by atoms with E-state index in [0.717, 1.165) is 24.0 Å². The van der Waals surface area contributed by atoms with Gasteiger partial charge in [0.1, 0.15) is 0 Å². The molecule has 0 aromatic heterocycles. The minimum atomic E-state index is 0.738. The van der Waals surface area contributed by atoms with E-state index in [0.29, 0.717) is 0 Å². The van der Waals surface area contributed by atoms with Gasteiger partial charge in [-0.05, 0) is 37.0 Å². The van der Waals surface area contributed by atoms with E-state index in [-0.39, 0.29) is 0 Å². The van der Waals surface area contributed by atoms with Crippen LogP contribution >= 0.6 is 0 Å². The first-order chi connectivity index (χ1) is 8.33. The van der Waals surface area contributed by atoms with Crippen LogP contribution in [-0.2, 0) is 6.42 Å². The van der Waals surface area contributed by atoms with Crippen LogP contribution in [0, 0.1) is 0 Å². The molecule has 0 saturated carbocycles. The Kier molecular flexibility index (Phi) is 4.26. The van der Waals surface area contributed by atoms with Gasteiger partial charge in [0, 0.05) is 6.42 Å². The predicted molar refractivity (Wildman–Crippen MR) is 67.7 cm³/mol. The fourth-order valence-electron chi connectivity index (χ4n) is 2.52. The SMILES string of the molecule is COc1ccc(C[C@@H]2CCCC[NH2+]2)cc1OC. The minimum Gasteiger partial charge on any atom is -0.493 e. The first-order valence-electron chi connectivity index (χ1n) is 6.37. The van der Waals surface area contributed by atoms with Crippen molar-refractivity contribution in [3.63, 3.8) is 0 Å². The summed E-state index contributed by atoms with van der Waals surface area (Å²) in [6, 6.07) is 6.98. The molecule has 2 N–H and O–H groups in total. The largest absolute Gasteiger partial charge is 0.493 e. The maximum absolute atomic E-state index is 5.33. The molecule has 1 heterocycles. The molecule has 1 aromatic carbocycles. The van der Waals surface area contributed by atoms with Gasteiger partial charge in [-0.1, -0.05) is 6.07 Å². The lowest BCUT2D eigenvalue weighted by Gasteiger charge is -2.20. The molecular weight excluding hydrogens is 214 g/mol. The second-order valence-corrected chi connectivity index (χ2v) is 4.67. The van der Waals surface area contributed by atoms with Crippen molar-refractivity contribution in [1.29, 1.82) is 0 Å². The number of rotatable bonds is 4. The van der Waals surface area contributed by atoms with Crippen molar-refractivity contribution in [2.24, 2.45) is 0 Å². The van der Waals surface area contributed by atoms with Crippen molar-refractivity contribution in [3.8, 4) is 11.5 Å². The summed E-state index contributed by atoms with van der Waals surface area (Å²) in [5, 5.41) is 2.47. The number of methoxy groups -OCH3 is 2. The molecule has 1 fully saturated rings. The molecule has 0 bridgehead atoms. The van der Waals surface area contributed by atoms with Crippen molar-refractivity contribution in [2.75, 3.05) is 20.8 Å². The fraction of sp³-hybridized carbons (Fsp3) is 0.571. The highest BCUT2D eigenvalue weighted by atomic mass is 16.5. The lowest BCUT2D eigenvalue weighted by Crippen LogP contribution is -2.91. The number of benzene rings is 1. The molecule has 1 aromatic rings. The zero-order valence-corrected chi connectivity index (χ0v) is 10.7. The molecule has 0 aliphatic carbocycles. The Morgan fingerprint density at radius 2 is 2.00 bits per heavy atom. The Morgan fingerprint density at radius 1 is 1.18 bits per heavy atom. The van der Waals surface area contributed by atoms with E-state index in [4.69, 9.17) is 9.47 Å². The maximum atomic E-state index is 5.33. The van der Waals surface area contributed by atoms with E-state index in [1.807, 2.05) is 6.07 Å². The predicted octanol–water partition coefficient (Wildman–Crippen LogP) is 1.36. The van der Waals surface area contributed by atoms with Crippen LogP contribution < -0.4 is 14.8 Å². The van der Waals surface area contributed by atoms with Gasteiger partial charge in [0.2, 0.25) is 0 Å². The first-order valence-corrected chi connectivity index (χ1v) is 6.37. The standard InChI is InChI=1S/C14H21NO2/c1-16-13-7-6-11(10-14(13)17-2)9-12-5-3-4-8-15-12/h6-7,10,12,15H,3-5,8-9H2,1-2H3/p+1/t12-/m0/s1. The van der Waals surface area contributed by atoms with Gasteiger partial charge in [0.25, 0.3) is 0 Å². The summed E-state index contributed by atoms with van der Waals surface area (Å²) < 4.78 is 10.6. The molecule has 0 unspecified atom stereocenters. The average molecular weight is 236 g/mol. The number of hydrogen-bond donors (Lipinski definition) is 1. The van der Waals surface area contributed by atoms with E-state index < -0.39 is 0 Å². The highest BCUT2D eigenvalue weighted by molar-refractivity contribution is 5.43. The Labute approximate surface area is 103 Å². The van der Waals surface area contributed by atoms with Gasteiger partial charge in [-0.25, -0.2) is 0 Å². The van der Waals surface area contributed by atoms with Crippen LogP contribution in [0.1, 0.15) is 24.8 Å². The van der Waals surface area contributed by atoms with Crippen molar-refractivity contribution in [1.82, 2.24) is 0 Å². The van der Waals surface area contributed by atoms with Crippen molar-refractivity contribution in [2.45, 2.75) is 31.7 Å². The van der Waals surface area contributed by atoms with E-state index >= 15 is 0 Å². The maximum Gasteiger partial charge on any atom is 0.160 e. The first kappa shape index (κ1) is 12.2. The van der Waals surface area contributed by atoms with Gasteiger partial charge in [-0.3, -0.25) is 0 Å². The lowest BCUT2D eigenvalue weighted by atomic mass is 9.97. The Hall–Kier alpha value is -1.22. The third-order valence-corrected chi connectivity index (χ3v) is 3.47. The fourth-order valence-corrected chi connectivity index (χ4v) is 2.52. The number of ether oxygens (including phenoxy) is 2. The van der Waals surface area contributed by atoms with Gasteiger partial charge in [-0.2, -0.15) is 0 Å². The third-order valence-electron chi connectivity index (χ3n) is 3.47. The Balaban J connectivity index is 2.05. The molecule has 1 atom stereocenters. The van der Waals surface area contributed by atoms with Crippen LogP contribution in [0.3, 0.4) is 0 Å². The van der Waals surface area contributed by atoms with E-state index in [9.17, 15) is 0 Å². The number of quaternary nitrogens is 1. The van der Waals surface area contributed by atoms with Gasteiger partial charge in [0.15, 0.2) is 11.5 Å². The molecule has 0 radical (unpaired) electrons. The summed E-state index contributed by atoms with van der Waals surface area (Å²) in [6.07, 6.45) is 5.19. The normalized spacial score (nSPS) is 20.0. The second kappa shape index (κ2) is 5.92. The molecular formula is C14H22NO2+.